The number of esters is 1. The average Bonchev–Trinajstić information content (AvgIpc) is 2.63. The molecule has 2 unspecified atom stereocenters. The zero-order chi connectivity index (χ0) is 17.4. The number of hydrogen-bond donors (Lipinski definition) is 1. The summed E-state index contributed by atoms with van der Waals surface area (Å²) in [7, 11) is 3.12. The molecule has 0 heterocycles. The minimum atomic E-state index is -0.307. The Morgan fingerprint density at radius 1 is 1.04 bits per heavy atom. The molecule has 4 heteroatoms. The van der Waals surface area contributed by atoms with Crippen molar-refractivity contribution < 1.29 is 14.3 Å². The number of nitrogens with one attached hydrogen (secondary N) is 1. The molecule has 0 bridgehead atoms. The highest BCUT2D eigenvalue weighted by molar-refractivity contribution is 5.89. The van der Waals surface area contributed by atoms with Crippen molar-refractivity contribution in [1.82, 2.24) is 5.32 Å². The molecule has 2 aromatic rings. The summed E-state index contributed by atoms with van der Waals surface area (Å²) in [6.45, 7) is 2.90. The Labute approximate surface area is 143 Å². The SMILES string of the molecule is COC(=O)c1ccc(CC(C)NCC(OC)c2ccccc2)cc1. The molecule has 0 fully saturated rings. The van der Waals surface area contributed by atoms with Crippen LogP contribution in [-0.2, 0) is 15.9 Å². The van der Waals surface area contributed by atoms with Gasteiger partial charge in [0.1, 0.15) is 0 Å². The van der Waals surface area contributed by atoms with Gasteiger partial charge in [-0.15, -0.1) is 0 Å². The Balaban J connectivity index is 1.86. The Kier molecular flexibility index (Phi) is 6.97. The third kappa shape index (κ3) is 5.18. The lowest BCUT2D eigenvalue weighted by molar-refractivity contribution is 0.0600. The van der Waals surface area contributed by atoms with Crippen LogP contribution in [0.2, 0.25) is 0 Å². The molecule has 2 rings (SSSR count). The number of carbonyl (C=O) groups excluding carboxylic acids is 1. The van der Waals surface area contributed by atoms with Gasteiger partial charge in [-0.2, -0.15) is 0 Å². The number of carbonyl (C=O) groups is 1. The van der Waals surface area contributed by atoms with E-state index in [0.717, 1.165) is 13.0 Å². The second-order valence-electron chi connectivity index (χ2n) is 5.84. The van der Waals surface area contributed by atoms with Crippen molar-refractivity contribution >= 4 is 5.97 Å². The first kappa shape index (κ1) is 18.2. The predicted molar refractivity (Wildman–Crippen MR) is 95.1 cm³/mol. The zero-order valence-corrected chi connectivity index (χ0v) is 14.5. The van der Waals surface area contributed by atoms with Crippen LogP contribution in [0.15, 0.2) is 54.6 Å². The van der Waals surface area contributed by atoms with E-state index in [1.165, 1.54) is 18.2 Å². The minimum Gasteiger partial charge on any atom is -0.465 e. The van der Waals surface area contributed by atoms with Crippen LogP contribution in [0.4, 0.5) is 0 Å². The summed E-state index contributed by atoms with van der Waals surface area (Å²) in [5.74, 6) is -0.307. The van der Waals surface area contributed by atoms with Crippen molar-refractivity contribution in [2.45, 2.75) is 25.5 Å². The Bertz CT molecular complexity index is 625. The minimum absolute atomic E-state index is 0.0374. The van der Waals surface area contributed by atoms with E-state index in [1.54, 1.807) is 19.2 Å². The third-order valence-corrected chi connectivity index (χ3v) is 4.02. The van der Waals surface area contributed by atoms with Gasteiger partial charge in [0.15, 0.2) is 0 Å². The summed E-state index contributed by atoms with van der Waals surface area (Å²) >= 11 is 0. The van der Waals surface area contributed by atoms with E-state index in [9.17, 15) is 4.79 Å². The van der Waals surface area contributed by atoms with E-state index in [0.29, 0.717) is 11.6 Å². The van der Waals surface area contributed by atoms with E-state index < -0.39 is 0 Å². The average molecular weight is 327 g/mol. The number of ether oxygens (including phenoxy) is 2. The summed E-state index contributed by atoms with van der Waals surface area (Å²) in [5.41, 5.74) is 2.92. The molecule has 0 spiro atoms. The van der Waals surface area contributed by atoms with Gasteiger partial charge in [-0.3, -0.25) is 0 Å². The summed E-state index contributed by atoms with van der Waals surface area (Å²) in [6.07, 6.45) is 0.919. The van der Waals surface area contributed by atoms with Crippen molar-refractivity contribution in [3.63, 3.8) is 0 Å². The summed E-state index contributed by atoms with van der Waals surface area (Å²) in [5, 5.41) is 3.51. The molecule has 128 valence electrons. The molecule has 0 saturated heterocycles. The highest BCUT2D eigenvalue weighted by Gasteiger charge is 2.12. The Morgan fingerprint density at radius 2 is 1.71 bits per heavy atom. The maximum Gasteiger partial charge on any atom is 0.337 e. The topological polar surface area (TPSA) is 47.6 Å². The van der Waals surface area contributed by atoms with Crippen molar-refractivity contribution in [3.05, 3.63) is 71.3 Å². The largest absolute Gasteiger partial charge is 0.465 e. The lowest BCUT2D eigenvalue weighted by atomic mass is 10.0. The molecule has 0 aliphatic carbocycles. The van der Waals surface area contributed by atoms with E-state index in [4.69, 9.17) is 9.47 Å². The van der Waals surface area contributed by atoms with Crippen LogP contribution in [-0.4, -0.2) is 32.8 Å². The predicted octanol–water partition coefficient (Wildman–Crippen LogP) is 3.38. The number of methoxy groups -OCH3 is 2. The molecule has 0 amide bonds. The van der Waals surface area contributed by atoms with Crippen LogP contribution in [0.5, 0.6) is 0 Å². The molecule has 4 nitrogen and oxygen atoms in total. The molecule has 2 aromatic carbocycles. The normalized spacial score (nSPS) is 13.3. The molecule has 0 aliphatic heterocycles. The first-order chi connectivity index (χ1) is 11.6. The fraction of sp³-hybridized carbons (Fsp3) is 0.350. The van der Waals surface area contributed by atoms with Crippen molar-refractivity contribution in [3.8, 4) is 0 Å². The summed E-state index contributed by atoms with van der Waals surface area (Å²) < 4.78 is 10.3. The first-order valence-electron chi connectivity index (χ1n) is 8.12. The van der Waals surface area contributed by atoms with Crippen molar-refractivity contribution in [2.24, 2.45) is 0 Å². The van der Waals surface area contributed by atoms with Crippen LogP contribution >= 0.6 is 0 Å². The van der Waals surface area contributed by atoms with Crippen LogP contribution in [0, 0.1) is 0 Å². The highest BCUT2D eigenvalue weighted by atomic mass is 16.5. The molecule has 2 atom stereocenters. The first-order valence-corrected chi connectivity index (χ1v) is 8.12. The monoisotopic (exact) mass is 327 g/mol. The van der Waals surface area contributed by atoms with Crippen LogP contribution in [0.25, 0.3) is 0 Å². The zero-order valence-electron chi connectivity index (χ0n) is 14.5. The highest BCUT2D eigenvalue weighted by Crippen LogP contribution is 2.15. The molecular weight excluding hydrogens is 302 g/mol. The van der Waals surface area contributed by atoms with Gasteiger partial charge in [0, 0.05) is 19.7 Å². The smallest absolute Gasteiger partial charge is 0.337 e. The van der Waals surface area contributed by atoms with E-state index in [1.807, 2.05) is 30.3 Å². The van der Waals surface area contributed by atoms with Crippen LogP contribution in [0.3, 0.4) is 0 Å². The van der Waals surface area contributed by atoms with Crippen molar-refractivity contribution in [1.29, 1.82) is 0 Å². The lowest BCUT2D eigenvalue weighted by Crippen LogP contribution is -2.32. The number of benzene rings is 2. The summed E-state index contributed by atoms with van der Waals surface area (Å²) in [6, 6.07) is 18.0. The lowest BCUT2D eigenvalue weighted by Gasteiger charge is -2.20. The molecule has 0 aromatic heterocycles. The molecule has 0 radical (unpaired) electrons. The van der Waals surface area contributed by atoms with Gasteiger partial charge in [-0.05, 0) is 36.6 Å². The molecule has 0 saturated carbocycles. The van der Waals surface area contributed by atoms with E-state index >= 15 is 0 Å². The van der Waals surface area contributed by atoms with Gasteiger partial charge in [0.25, 0.3) is 0 Å². The molecule has 1 N–H and O–H groups in total. The van der Waals surface area contributed by atoms with E-state index in [2.05, 4.69) is 24.4 Å². The number of rotatable bonds is 8. The maximum atomic E-state index is 11.4. The third-order valence-electron chi connectivity index (χ3n) is 4.02. The van der Waals surface area contributed by atoms with Gasteiger partial charge >= 0.3 is 5.97 Å². The van der Waals surface area contributed by atoms with Gasteiger partial charge in [-0.1, -0.05) is 42.5 Å². The molecule has 24 heavy (non-hydrogen) atoms. The Morgan fingerprint density at radius 3 is 2.29 bits per heavy atom. The molecular formula is C20H25NO3. The molecule has 0 aliphatic rings. The second-order valence-corrected chi connectivity index (χ2v) is 5.84. The maximum absolute atomic E-state index is 11.4. The van der Waals surface area contributed by atoms with Gasteiger partial charge in [0.2, 0.25) is 0 Å². The second kappa shape index (κ2) is 9.21. The quantitative estimate of drug-likeness (QED) is 0.755. The van der Waals surface area contributed by atoms with Crippen molar-refractivity contribution in [2.75, 3.05) is 20.8 Å². The van der Waals surface area contributed by atoms with E-state index in [-0.39, 0.29) is 12.1 Å². The van der Waals surface area contributed by atoms with Gasteiger partial charge < -0.3 is 14.8 Å². The van der Waals surface area contributed by atoms with Crippen LogP contribution < -0.4 is 5.32 Å². The fourth-order valence-corrected chi connectivity index (χ4v) is 2.63. The number of hydrogen-bond acceptors (Lipinski definition) is 4. The Hall–Kier alpha value is -2.17. The van der Waals surface area contributed by atoms with Gasteiger partial charge in [-0.25, -0.2) is 4.79 Å². The van der Waals surface area contributed by atoms with Crippen LogP contribution in [0.1, 0.15) is 34.5 Å². The standard InChI is InChI=1S/C20H25NO3/c1-15(13-16-9-11-18(12-10-16)20(22)24-3)21-14-19(23-2)17-7-5-4-6-8-17/h4-12,15,19,21H,13-14H2,1-3H3. The fourth-order valence-electron chi connectivity index (χ4n) is 2.63. The summed E-state index contributed by atoms with van der Waals surface area (Å²) in [4.78, 5) is 11.4. The van der Waals surface area contributed by atoms with Gasteiger partial charge in [0.05, 0.1) is 18.8 Å².